The van der Waals surface area contributed by atoms with Crippen LogP contribution in [-0.4, -0.2) is 15.7 Å². The van der Waals surface area contributed by atoms with Gasteiger partial charge in [0.15, 0.2) is 0 Å². The highest BCUT2D eigenvalue weighted by Crippen LogP contribution is 2.09. The fourth-order valence-electron chi connectivity index (χ4n) is 2.02. The predicted octanol–water partition coefficient (Wildman–Crippen LogP) is 3.52. The van der Waals surface area contributed by atoms with Crippen LogP contribution >= 0.6 is 0 Å². The molecule has 0 atom stereocenters. The van der Waals surface area contributed by atoms with Crippen LogP contribution in [0.5, 0.6) is 0 Å². The van der Waals surface area contributed by atoms with E-state index in [0.717, 1.165) is 16.9 Å². The summed E-state index contributed by atoms with van der Waals surface area (Å²) in [6.45, 7) is 0. The minimum Gasteiger partial charge on any atom is -0.323 e. The van der Waals surface area contributed by atoms with E-state index in [1.54, 1.807) is 17.0 Å². The summed E-state index contributed by atoms with van der Waals surface area (Å²) in [5.74, 6) is -0.168. The molecule has 2 aromatic carbocycles. The summed E-state index contributed by atoms with van der Waals surface area (Å²) in [6, 6.07) is 19.2. The maximum absolute atomic E-state index is 11.8. The van der Waals surface area contributed by atoms with Gasteiger partial charge in [0.05, 0.1) is 11.9 Å². The Bertz CT molecular complexity index is 776. The van der Waals surface area contributed by atoms with Crippen molar-refractivity contribution >= 4 is 17.7 Å². The Morgan fingerprint density at radius 1 is 1.00 bits per heavy atom. The molecule has 4 nitrogen and oxygen atoms in total. The number of nitrogens with one attached hydrogen (secondary N) is 1. The fourth-order valence-corrected chi connectivity index (χ4v) is 2.02. The van der Waals surface area contributed by atoms with E-state index in [1.807, 2.05) is 66.9 Å². The van der Waals surface area contributed by atoms with Gasteiger partial charge in [-0.05, 0) is 30.3 Å². The number of aromatic nitrogens is 2. The maximum atomic E-state index is 11.8. The lowest BCUT2D eigenvalue weighted by atomic mass is 10.3. The largest absolute Gasteiger partial charge is 0.323 e. The molecule has 0 spiro atoms. The van der Waals surface area contributed by atoms with Gasteiger partial charge in [0.25, 0.3) is 0 Å². The van der Waals surface area contributed by atoms with Gasteiger partial charge in [0, 0.05) is 23.5 Å². The topological polar surface area (TPSA) is 46.9 Å². The molecule has 0 radical (unpaired) electrons. The number of carbonyl (C=O) groups excluding carboxylic acids is 1. The first kappa shape index (κ1) is 13.8. The quantitative estimate of drug-likeness (QED) is 0.747. The van der Waals surface area contributed by atoms with Gasteiger partial charge in [0.2, 0.25) is 5.91 Å². The summed E-state index contributed by atoms with van der Waals surface area (Å²) in [7, 11) is 0. The number of amides is 1. The van der Waals surface area contributed by atoms with Crippen LogP contribution in [0.1, 0.15) is 5.56 Å². The first-order valence-electron chi connectivity index (χ1n) is 6.95. The first-order chi connectivity index (χ1) is 10.8. The van der Waals surface area contributed by atoms with Crippen LogP contribution in [0, 0.1) is 0 Å². The van der Waals surface area contributed by atoms with E-state index in [-0.39, 0.29) is 5.91 Å². The van der Waals surface area contributed by atoms with Crippen LogP contribution in [0.15, 0.2) is 79.1 Å². The highest BCUT2D eigenvalue weighted by atomic mass is 16.1. The van der Waals surface area contributed by atoms with Crippen molar-refractivity contribution in [3.05, 3.63) is 84.7 Å². The van der Waals surface area contributed by atoms with E-state index in [9.17, 15) is 4.79 Å². The molecule has 1 N–H and O–H groups in total. The zero-order valence-electron chi connectivity index (χ0n) is 11.9. The lowest BCUT2D eigenvalue weighted by Gasteiger charge is -2.00. The number of para-hydroxylation sites is 2. The lowest BCUT2D eigenvalue weighted by Crippen LogP contribution is -2.07. The number of anilines is 1. The van der Waals surface area contributed by atoms with Crippen molar-refractivity contribution in [1.82, 2.24) is 9.78 Å². The van der Waals surface area contributed by atoms with Gasteiger partial charge in [-0.3, -0.25) is 4.79 Å². The van der Waals surface area contributed by atoms with E-state index in [1.165, 1.54) is 6.08 Å². The summed E-state index contributed by atoms with van der Waals surface area (Å²) in [4.78, 5) is 11.8. The molecule has 1 amide bonds. The average molecular weight is 289 g/mol. The number of carbonyl (C=O) groups is 1. The molecule has 0 unspecified atom stereocenters. The van der Waals surface area contributed by atoms with Gasteiger partial charge in [-0.15, -0.1) is 0 Å². The molecule has 108 valence electrons. The molecular formula is C18H15N3O. The van der Waals surface area contributed by atoms with E-state index < -0.39 is 0 Å². The zero-order chi connectivity index (χ0) is 15.2. The number of benzene rings is 2. The minimum absolute atomic E-state index is 0.168. The first-order valence-corrected chi connectivity index (χ1v) is 6.95. The Morgan fingerprint density at radius 3 is 2.41 bits per heavy atom. The fraction of sp³-hybridized carbons (Fsp3) is 0. The second-order valence-corrected chi connectivity index (χ2v) is 4.74. The number of rotatable bonds is 4. The molecule has 1 aromatic heterocycles. The normalized spacial score (nSPS) is 10.7. The van der Waals surface area contributed by atoms with Crippen LogP contribution in [0.4, 0.5) is 5.69 Å². The standard InChI is InChI=1S/C18H15N3O/c22-18(20-16-7-3-1-4-8-16)12-11-15-13-19-21(14-15)17-9-5-2-6-10-17/h1-14H,(H,20,22)/b12-11+. The Hall–Kier alpha value is -3.14. The van der Waals surface area contributed by atoms with Gasteiger partial charge in [-0.25, -0.2) is 4.68 Å². The third-order valence-electron chi connectivity index (χ3n) is 3.09. The van der Waals surface area contributed by atoms with Crippen molar-refractivity contribution in [2.24, 2.45) is 0 Å². The molecule has 0 aliphatic rings. The Morgan fingerprint density at radius 2 is 1.68 bits per heavy atom. The molecule has 0 saturated carbocycles. The molecule has 0 aliphatic carbocycles. The van der Waals surface area contributed by atoms with Gasteiger partial charge < -0.3 is 5.32 Å². The van der Waals surface area contributed by atoms with Crippen LogP contribution in [-0.2, 0) is 4.79 Å². The molecule has 3 aromatic rings. The van der Waals surface area contributed by atoms with Gasteiger partial charge in [-0.1, -0.05) is 36.4 Å². The van der Waals surface area contributed by atoms with E-state index in [0.29, 0.717) is 0 Å². The zero-order valence-corrected chi connectivity index (χ0v) is 11.9. The summed E-state index contributed by atoms with van der Waals surface area (Å²) >= 11 is 0. The molecule has 1 heterocycles. The highest BCUT2D eigenvalue weighted by molar-refractivity contribution is 6.01. The van der Waals surface area contributed by atoms with Crippen molar-refractivity contribution in [2.75, 3.05) is 5.32 Å². The average Bonchev–Trinajstić information content (AvgIpc) is 3.04. The number of hydrogen-bond acceptors (Lipinski definition) is 2. The van der Waals surface area contributed by atoms with Crippen LogP contribution < -0.4 is 5.32 Å². The van der Waals surface area contributed by atoms with E-state index in [2.05, 4.69) is 10.4 Å². The summed E-state index contributed by atoms with van der Waals surface area (Å²) < 4.78 is 1.77. The van der Waals surface area contributed by atoms with Crippen molar-refractivity contribution < 1.29 is 4.79 Å². The smallest absolute Gasteiger partial charge is 0.248 e. The minimum atomic E-state index is -0.168. The van der Waals surface area contributed by atoms with Crippen LogP contribution in [0.25, 0.3) is 11.8 Å². The Labute approximate surface area is 128 Å². The van der Waals surface area contributed by atoms with Gasteiger partial charge in [-0.2, -0.15) is 5.10 Å². The molecule has 4 heteroatoms. The van der Waals surface area contributed by atoms with E-state index in [4.69, 9.17) is 0 Å². The van der Waals surface area contributed by atoms with Gasteiger partial charge in [0.1, 0.15) is 0 Å². The molecular weight excluding hydrogens is 274 g/mol. The second-order valence-electron chi connectivity index (χ2n) is 4.74. The third-order valence-corrected chi connectivity index (χ3v) is 3.09. The number of hydrogen-bond donors (Lipinski definition) is 1. The molecule has 0 bridgehead atoms. The molecule has 0 fully saturated rings. The maximum Gasteiger partial charge on any atom is 0.248 e. The van der Waals surface area contributed by atoms with Crippen molar-refractivity contribution in [1.29, 1.82) is 0 Å². The highest BCUT2D eigenvalue weighted by Gasteiger charge is 2.00. The summed E-state index contributed by atoms with van der Waals surface area (Å²) in [6.07, 6.45) is 6.84. The molecule has 22 heavy (non-hydrogen) atoms. The van der Waals surface area contributed by atoms with E-state index >= 15 is 0 Å². The predicted molar refractivity (Wildman–Crippen MR) is 87.7 cm³/mol. The van der Waals surface area contributed by atoms with Crippen molar-refractivity contribution in [2.45, 2.75) is 0 Å². The monoisotopic (exact) mass is 289 g/mol. The number of nitrogens with zero attached hydrogens (tertiary/aromatic N) is 2. The Kier molecular flexibility index (Phi) is 4.11. The summed E-state index contributed by atoms with van der Waals surface area (Å²) in [5.41, 5.74) is 2.63. The van der Waals surface area contributed by atoms with Crippen molar-refractivity contribution in [3.63, 3.8) is 0 Å². The Balaban J connectivity index is 1.66. The van der Waals surface area contributed by atoms with Crippen molar-refractivity contribution in [3.8, 4) is 5.69 Å². The summed E-state index contributed by atoms with van der Waals surface area (Å²) in [5, 5.41) is 7.08. The molecule has 0 aliphatic heterocycles. The van der Waals surface area contributed by atoms with Crippen LogP contribution in [0.2, 0.25) is 0 Å². The second kappa shape index (κ2) is 6.54. The SMILES string of the molecule is O=C(/C=C/c1cnn(-c2ccccc2)c1)Nc1ccccc1. The lowest BCUT2D eigenvalue weighted by molar-refractivity contribution is -0.111. The van der Waals surface area contributed by atoms with Gasteiger partial charge >= 0.3 is 0 Å². The third kappa shape index (κ3) is 3.49. The van der Waals surface area contributed by atoms with Crippen LogP contribution in [0.3, 0.4) is 0 Å². The molecule has 0 saturated heterocycles. The molecule has 3 rings (SSSR count).